The first-order chi connectivity index (χ1) is 8.86. The van der Waals surface area contributed by atoms with E-state index in [0.29, 0.717) is 0 Å². The van der Waals surface area contributed by atoms with E-state index >= 15 is 0 Å². The summed E-state index contributed by atoms with van der Waals surface area (Å²) in [6, 6.07) is 1.07. The summed E-state index contributed by atoms with van der Waals surface area (Å²) >= 11 is 0. The van der Waals surface area contributed by atoms with E-state index in [1.807, 2.05) is 0 Å². The van der Waals surface area contributed by atoms with Crippen LogP contribution in [0.25, 0.3) is 10.9 Å². The lowest BCUT2D eigenvalue weighted by Gasteiger charge is -2.13. The fourth-order valence-corrected chi connectivity index (χ4v) is 1.74. The minimum absolute atomic E-state index is 0.104. The van der Waals surface area contributed by atoms with E-state index in [0.717, 1.165) is 25.6 Å². The minimum atomic E-state index is -4.86. The third kappa shape index (κ3) is 2.16. The number of ether oxygens (including phenoxy) is 1. The van der Waals surface area contributed by atoms with Crippen molar-refractivity contribution in [2.24, 2.45) is 0 Å². The van der Waals surface area contributed by atoms with Gasteiger partial charge in [-0.25, -0.2) is 4.79 Å². The molecule has 0 radical (unpaired) electrons. The van der Waals surface area contributed by atoms with Gasteiger partial charge in [-0.15, -0.1) is 0 Å². The van der Waals surface area contributed by atoms with Gasteiger partial charge < -0.3 is 9.72 Å². The van der Waals surface area contributed by atoms with Crippen LogP contribution in [0.5, 0.6) is 0 Å². The number of fused-ring (bicyclic) bond motifs is 1. The number of aromatic nitrogens is 2. The summed E-state index contributed by atoms with van der Waals surface area (Å²) in [5.41, 5.74) is -3.65. The summed E-state index contributed by atoms with van der Waals surface area (Å²) < 4.78 is 43.4. The monoisotopic (exact) mass is 272 g/mol. The van der Waals surface area contributed by atoms with Crippen LogP contribution < -0.4 is 5.56 Å². The lowest BCUT2D eigenvalue weighted by molar-refractivity contribution is -0.136. The quantitative estimate of drug-likeness (QED) is 0.802. The van der Waals surface area contributed by atoms with Gasteiger partial charge in [-0.2, -0.15) is 13.2 Å². The molecule has 0 bridgehead atoms. The Morgan fingerprint density at radius 1 is 1.42 bits per heavy atom. The first kappa shape index (κ1) is 13.1. The third-order valence-electron chi connectivity index (χ3n) is 2.49. The van der Waals surface area contributed by atoms with Crippen LogP contribution in [-0.4, -0.2) is 23.0 Å². The van der Waals surface area contributed by atoms with Crippen molar-refractivity contribution in [3.05, 3.63) is 39.9 Å². The number of halogens is 3. The molecule has 0 amide bonds. The smallest absolute Gasteiger partial charge is 0.418 e. The molecule has 0 atom stereocenters. The normalized spacial score (nSPS) is 11.6. The average molecular weight is 272 g/mol. The molecule has 5 nitrogen and oxygen atoms in total. The maximum atomic E-state index is 13.1. The van der Waals surface area contributed by atoms with Crippen molar-refractivity contribution in [2.45, 2.75) is 6.18 Å². The second-order valence-electron chi connectivity index (χ2n) is 3.61. The van der Waals surface area contributed by atoms with Gasteiger partial charge in [0.05, 0.1) is 24.4 Å². The zero-order chi connectivity index (χ0) is 14.2. The van der Waals surface area contributed by atoms with Gasteiger partial charge in [0.25, 0.3) is 5.56 Å². The number of hydrogen-bond donors (Lipinski definition) is 1. The number of nitrogens with zero attached hydrogens (tertiary/aromatic N) is 1. The molecule has 0 aliphatic carbocycles. The molecular weight excluding hydrogens is 265 g/mol. The molecule has 0 saturated heterocycles. The zero-order valence-corrected chi connectivity index (χ0v) is 9.54. The molecule has 0 unspecified atom stereocenters. The summed E-state index contributed by atoms with van der Waals surface area (Å²) in [7, 11) is 0.901. The van der Waals surface area contributed by atoms with Crippen molar-refractivity contribution in [3.63, 3.8) is 0 Å². The van der Waals surface area contributed by atoms with E-state index in [9.17, 15) is 22.8 Å². The highest BCUT2D eigenvalue weighted by Gasteiger charge is 2.39. The van der Waals surface area contributed by atoms with Gasteiger partial charge in [-0.1, -0.05) is 0 Å². The molecule has 100 valence electrons. The highest BCUT2D eigenvalue weighted by molar-refractivity contribution is 5.97. The Hall–Kier alpha value is -2.38. The highest BCUT2D eigenvalue weighted by Crippen LogP contribution is 2.35. The van der Waals surface area contributed by atoms with E-state index < -0.39 is 28.8 Å². The van der Waals surface area contributed by atoms with Crippen molar-refractivity contribution in [1.82, 2.24) is 9.97 Å². The van der Waals surface area contributed by atoms with Crippen LogP contribution in [0.2, 0.25) is 0 Å². The van der Waals surface area contributed by atoms with E-state index in [1.165, 1.54) is 0 Å². The fraction of sp³-hybridized carbons (Fsp3) is 0.182. The number of H-pyrrole nitrogens is 1. The Balaban J connectivity index is 2.99. The van der Waals surface area contributed by atoms with Crippen LogP contribution in [0.3, 0.4) is 0 Å². The molecule has 1 N–H and O–H groups in total. The van der Waals surface area contributed by atoms with Gasteiger partial charge >= 0.3 is 12.1 Å². The standard InChI is InChI=1S/C11H7F3N2O3/c1-19-10(18)7-8(11(12,13)14)5-2-3-15-4-6(5)16-9(7)17/h2-4H,1H3,(H,16,17). The molecule has 8 heteroatoms. The molecule has 0 aliphatic heterocycles. The van der Waals surface area contributed by atoms with E-state index in [-0.39, 0.29) is 10.9 Å². The van der Waals surface area contributed by atoms with Gasteiger partial charge in [0.15, 0.2) is 0 Å². The summed E-state index contributed by atoms with van der Waals surface area (Å²) in [4.78, 5) is 28.8. The van der Waals surface area contributed by atoms with Gasteiger partial charge in [0.2, 0.25) is 0 Å². The Bertz CT molecular complexity index is 706. The number of carbonyl (C=O) groups excluding carboxylic acids is 1. The third-order valence-corrected chi connectivity index (χ3v) is 2.49. The number of methoxy groups -OCH3 is 1. The number of aromatic amines is 1. The van der Waals surface area contributed by atoms with Gasteiger partial charge in [0, 0.05) is 11.6 Å². The first-order valence-electron chi connectivity index (χ1n) is 5.01. The lowest BCUT2D eigenvalue weighted by atomic mass is 10.0. The largest absolute Gasteiger partial charge is 0.465 e. The Kier molecular flexibility index (Phi) is 3.01. The summed E-state index contributed by atoms with van der Waals surface area (Å²) in [6.07, 6.45) is -2.65. The van der Waals surface area contributed by atoms with Crippen molar-refractivity contribution < 1.29 is 22.7 Å². The molecule has 0 aliphatic rings. The van der Waals surface area contributed by atoms with Gasteiger partial charge in [-0.3, -0.25) is 9.78 Å². The molecule has 0 spiro atoms. The number of alkyl halides is 3. The van der Waals surface area contributed by atoms with Gasteiger partial charge in [0.1, 0.15) is 5.56 Å². The van der Waals surface area contributed by atoms with Crippen LogP contribution in [0, 0.1) is 0 Å². The maximum Gasteiger partial charge on any atom is 0.418 e. The zero-order valence-electron chi connectivity index (χ0n) is 9.54. The van der Waals surface area contributed by atoms with E-state index in [1.54, 1.807) is 0 Å². The first-order valence-corrected chi connectivity index (χ1v) is 5.01. The predicted octanol–water partition coefficient (Wildman–Crippen LogP) is 1.73. The summed E-state index contributed by atoms with van der Waals surface area (Å²) in [5.74, 6) is -1.34. The van der Waals surface area contributed by atoms with Crippen molar-refractivity contribution in [1.29, 1.82) is 0 Å². The minimum Gasteiger partial charge on any atom is -0.465 e. The molecule has 0 fully saturated rings. The van der Waals surface area contributed by atoms with Crippen LogP contribution in [0.4, 0.5) is 13.2 Å². The predicted molar refractivity (Wildman–Crippen MR) is 58.7 cm³/mol. The molecule has 0 saturated carbocycles. The highest BCUT2D eigenvalue weighted by atomic mass is 19.4. The number of rotatable bonds is 1. The molecule has 2 aromatic rings. The van der Waals surface area contributed by atoms with Crippen molar-refractivity contribution >= 4 is 16.9 Å². The van der Waals surface area contributed by atoms with Crippen LogP contribution in [0.1, 0.15) is 15.9 Å². The van der Waals surface area contributed by atoms with E-state index in [2.05, 4.69) is 14.7 Å². The Labute approximate surface area is 104 Å². The molecule has 2 heterocycles. The molecule has 19 heavy (non-hydrogen) atoms. The molecule has 0 aromatic carbocycles. The average Bonchev–Trinajstić information content (AvgIpc) is 2.35. The Morgan fingerprint density at radius 2 is 2.11 bits per heavy atom. The SMILES string of the molecule is COC(=O)c1c(C(F)(F)F)c2ccncc2[nH]c1=O. The van der Waals surface area contributed by atoms with Gasteiger partial charge in [-0.05, 0) is 6.07 Å². The van der Waals surface area contributed by atoms with E-state index in [4.69, 9.17) is 0 Å². The number of pyridine rings is 2. The summed E-state index contributed by atoms with van der Waals surface area (Å²) in [5, 5.41) is -0.317. The van der Waals surface area contributed by atoms with Crippen LogP contribution >= 0.6 is 0 Å². The van der Waals surface area contributed by atoms with Crippen LogP contribution in [-0.2, 0) is 10.9 Å². The number of hydrogen-bond acceptors (Lipinski definition) is 4. The second kappa shape index (κ2) is 4.38. The topological polar surface area (TPSA) is 72.0 Å². The van der Waals surface area contributed by atoms with Crippen LogP contribution in [0.15, 0.2) is 23.3 Å². The molecule has 2 rings (SSSR count). The van der Waals surface area contributed by atoms with Crippen molar-refractivity contribution in [3.8, 4) is 0 Å². The second-order valence-corrected chi connectivity index (χ2v) is 3.61. The number of esters is 1. The Morgan fingerprint density at radius 3 is 2.68 bits per heavy atom. The molecule has 2 aromatic heterocycles. The fourth-order valence-electron chi connectivity index (χ4n) is 1.74. The number of carbonyl (C=O) groups is 1. The molecular formula is C11H7F3N2O3. The summed E-state index contributed by atoms with van der Waals surface area (Å²) in [6.45, 7) is 0. The lowest BCUT2D eigenvalue weighted by Crippen LogP contribution is -2.26. The van der Waals surface area contributed by atoms with Crippen molar-refractivity contribution in [2.75, 3.05) is 7.11 Å². The maximum absolute atomic E-state index is 13.1. The number of nitrogens with one attached hydrogen (secondary N) is 1.